The Kier molecular flexibility index (Phi) is 3.82. The van der Waals surface area contributed by atoms with Crippen molar-refractivity contribution in [3.63, 3.8) is 0 Å². The van der Waals surface area contributed by atoms with Crippen LogP contribution in [0.15, 0.2) is 69.5 Å². The molecule has 0 saturated carbocycles. The maximum atomic E-state index is 12.5. The summed E-state index contributed by atoms with van der Waals surface area (Å²) in [6.45, 7) is 1.85. The third-order valence-corrected chi connectivity index (χ3v) is 3.79. The van der Waals surface area contributed by atoms with E-state index >= 15 is 0 Å². The van der Waals surface area contributed by atoms with Gasteiger partial charge in [0.1, 0.15) is 12.2 Å². The average Bonchev–Trinajstić information content (AvgIpc) is 3.23. The van der Waals surface area contributed by atoms with Gasteiger partial charge in [-0.25, -0.2) is 9.78 Å². The lowest BCUT2D eigenvalue weighted by atomic mass is 10.2. The van der Waals surface area contributed by atoms with E-state index in [-0.39, 0.29) is 18.1 Å². The van der Waals surface area contributed by atoms with Crippen molar-refractivity contribution in [1.29, 1.82) is 0 Å². The molecule has 0 saturated heterocycles. The molecule has 0 unspecified atom stereocenters. The number of esters is 1. The first kappa shape index (κ1) is 15.2. The van der Waals surface area contributed by atoms with Crippen molar-refractivity contribution in [2.45, 2.75) is 13.5 Å². The molecule has 0 fully saturated rings. The highest BCUT2D eigenvalue weighted by Crippen LogP contribution is 2.31. The Morgan fingerprint density at radius 3 is 2.60 bits per heavy atom. The molecule has 0 bridgehead atoms. The lowest BCUT2D eigenvalue weighted by Crippen LogP contribution is -2.07. The fourth-order valence-corrected chi connectivity index (χ4v) is 2.62. The minimum absolute atomic E-state index is 0.118. The molecule has 0 N–H and O–H groups in total. The molecule has 0 aliphatic rings. The molecule has 2 heterocycles. The third kappa shape index (κ3) is 3.04. The summed E-state index contributed by atoms with van der Waals surface area (Å²) in [6.07, 6.45) is 0. The largest absolute Gasteiger partial charge is 0.456 e. The van der Waals surface area contributed by atoms with Crippen LogP contribution < -0.4 is 0 Å². The molecular formula is C20H15NO4. The molecule has 0 spiro atoms. The zero-order valence-corrected chi connectivity index (χ0v) is 13.6. The van der Waals surface area contributed by atoms with Crippen LogP contribution in [-0.2, 0) is 11.3 Å². The van der Waals surface area contributed by atoms with E-state index in [1.165, 1.54) is 0 Å². The number of hydrogen-bond donors (Lipinski definition) is 0. The van der Waals surface area contributed by atoms with Crippen LogP contribution in [0.3, 0.4) is 0 Å². The second-order valence-electron chi connectivity index (χ2n) is 5.62. The quantitative estimate of drug-likeness (QED) is 0.504. The van der Waals surface area contributed by atoms with Crippen molar-refractivity contribution >= 4 is 16.9 Å². The van der Waals surface area contributed by atoms with E-state index in [1.807, 2.05) is 60.7 Å². The monoisotopic (exact) mass is 333 g/mol. The number of ether oxygens (including phenoxy) is 1. The summed E-state index contributed by atoms with van der Waals surface area (Å²) in [5.41, 5.74) is 1.74. The Morgan fingerprint density at radius 2 is 1.80 bits per heavy atom. The SMILES string of the molecule is Cc1nc(C(=O)OCc2ccccc2)c(-c2cc3ccccc3o2)o1. The zero-order valence-electron chi connectivity index (χ0n) is 13.6. The summed E-state index contributed by atoms with van der Waals surface area (Å²) >= 11 is 0. The van der Waals surface area contributed by atoms with Crippen LogP contribution in [0.2, 0.25) is 0 Å². The number of aromatic nitrogens is 1. The first-order valence-corrected chi connectivity index (χ1v) is 7.88. The van der Waals surface area contributed by atoms with Gasteiger partial charge < -0.3 is 13.6 Å². The van der Waals surface area contributed by atoms with Gasteiger partial charge in [-0.3, -0.25) is 0 Å². The van der Waals surface area contributed by atoms with Gasteiger partial charge in [-0.05, 0) is 17.7 Å². The molecule has 2 aromatic carbocycles. The maximum Gasteiger partial charge on any atom is 0.361 e. The Labute approximate surface area is 143 Å². The fourth-order valence-electron chi connectivity index (χ4n) is 2.62. The summed E-state index contributed by atoms with van der Waals surface area (Å²) < 4.78 is 16.7. The number of carbonyl (C=O) groups is 1. The number of para-hydroxylation sites is 1. The highest BCUT2D eigenvalue weighted by molar-refractivity contribution is 5.94. The number of benzene rings is 2. The number of carbonyl (C=O) groups excluding carboxylic acids is 1. The molecular weight excluding hydrogens is 318 g/mol. The number of nitrogens with zero attached hydrogens (tertiary/aromatic N) is 1. The average molecular weight is 333 g/mol. The molecule has 0 atom stereocenters. The predicted octanol–water partition coefficient (Wildman–Crippen LogP) is 4.75. The minimum atomic E-state index is -0.545. The van der Waals surface area contributed by atoms with E-state index < -0.39 is 5.97 Å². The molecule has 0 radical (unpaired) electrons. The summed E-state index contributed by atoms with van der Waals surface area (Å²) in [5.74, 6) is 0.568. The number of fused-ring (bicyclic) bond motifs is 1. The smallest absolute Gasteiger partial charge is 0.361 e. The lowest BCUT2D eigenvalue weighted by Gasteiger charge is -2.03. The molecule has 5 heteroatoms. The van der Waals surface area contributed by atoms with Crippen molar-refractivity contribution in [2.24, 2.45) is 0 Å². The van der Waals surface area contributed by atoms with E-state index in [0.717, 1.165) is 16.5 Å². The third-order valence-electron chi connectivity index (χ3n) is 3.79. The summed E-state index contributed by atoms with van der Waals surface area (Å²) in [5, 5.41) is 0.926. The van der Waals surface area contributed by atoms with Gasteiger partial charge >= 0.3 is 5.97 Å². The first-order valence-electron chi connectivity index (χ1n) is 7.88. The Bertz CT molecular complexity index is 997. The second kappa shape index (κ2) is 6.28. The van der Waals surface area contributed by atoms with Crippen molar-refractivity contribution < 1.29 is 18.4 Å². The standard InChI is InChI=1S/C20H15NO4/c1-13-21-18(20(22)23-12-14-7-3-2-4-8-14)19(24-13)17-11-15-9-5-6-10-16(15)25-17/h2-11H,12H2,1H3. The molecule has 25 heavy (non-hydrogen) atoms. The Morgan fingerprint density at radius 1 is 1.04 bits per heavy atom. The highest BCUT2D eigenvalue weighted by atomic mass is 16.5. The number of furan rings is 1. The molecule has 0 aliphatic carbocycles. The van der Waals surface area contributed by atoms with Crippen LogP contribution in [0.4, 0.5) is 0 Å². The number of rotatable bonds is 4. The molecule has 5 nitrogen and oxygen atoms in total. The van der Waals surface area contributed by atoms with Crippen LogP contribution in [0.25, 0.3) is 22.5 Å². The van der Waals surface area contributed by atoms with E-state index in [9.17, 15) is 4.79 Å². The second-order valence-corrected chi connectivity index (χ2v) is 5.62. The molecule has 4 rings (SSSR count). The summed E-state index contributed by atoms with van der Waals surface area (Å²) in [7, 11) is 0. The van der Waals surface area contributed by atoms with Crippen LogP contribution in [0.5, 0.6) is 0 Å². The molecule has 0 amide bonds. The van der Waals surface area contributed by atoms with E-state index in [1.54, 1.807) is 6.92 Å². The van der Waals surface area contributed by atoms with Crippen LogP contribution >= 0.6 is 0 Å². The summed E-state index contributed by atoms with van der Waals surface area (Å²) in [6, 6.07) is 18.9. The van der Waals surface area contributed by atoms with Crippen molar-refractivity contribution in [2.75, 3.05) is 0 Å². The predicted molar refractivity (Wildman–Crippen MR) is 92.0 cm³/mol. The number of oxazole rings is 1. The van der Waals surface area contributed by atoms with Crippen molar-refractivity contribution in [3.05, 3.63) is 77.8 Å². The number of hydrogen-bond acceptors (Lipinski definition) is 5. The van der Waals surface area contributed by atoms with Gasteiger partial charge in [-0.2, -0.15) is 0 Å². The molecule has 4 aromatic rings. The van der Waals surface area contributed by atoms with Gasteiger partial charge in [-0.1, -0.05) is 48.5 Å². The van der Waals surface area contributed by atoms with Gasteiger partial charge in [0, 0.05) is 12.3 Å². The highest BCUT2D eigenvalue weighted by Gasteiger charge is 2.24. The van der Waals surface area contributed by atoms with Gasteiger partial charge in [0.05, 0.1) is 0 Å². The molecule has 124 valence electrons. The van der Waals surface area contributed by atoms with Crippen LogP contribution in [0.1, 0.15) is 21.9 Å². The van der Waals surface area contributed by atoms with Gasteiger partial charge in [0.25, 0.3) is 0 Å². The van der Waals surface area contributed by atoms with Crippen molar-refractivity contribution in [3.8, 4) is 11.5 Å². The van der Waals surface area contributed by atoms with E-state index in [0.29, 0.717) is 11.7 Å². The van der Waals surface area contributed by atoms with E-state index in [4.69, 9.17) is 13.6 Å². The normalized spacial score (nSPS) is 10.9. The van der Waals surface area contributed by atoms with Crippen LogP contribution in [-0.4, -0.2) is 11.0 Å². The summed E-state index contributed by atoms with van der Waals surface area (Å²) in [4.78, 5) is 16.6. The zero-order chi connectivity index (χ0) is 17.2. The first-order chi connectivity index (χ1) is 12.2. The van der Waals surface area contributed by atoms with E-state index in [2.05, 4.69) is 4.98 Å². The molecule has 0 aliphatic heterocycles. The van der Waals surface area contributed by atoms with Gasteiger partial charge in [0.15, 0.2) is 17.3 Å². The maximum absolute atomic E-state index is 12.5. The minimum Gasteiger partial charge on any atom is -0.456 e. The lowest BCUT2D eigenvalue weighted by molar-refractivity contribution is 0.0466. The Hall–Kier alpha value is -3.34. The fraction of sp³-hybridized carbons (Fsp3) is 0.100. The molecule has 2 aromatic heterocycles. The van der Waals surface area contributed by atoms with Gasteiger partial charge in [0.2, 0.25) is 5.76 Å². The van der Waals surface area contributed by atoms with Crippen molar-refractivity contribution in [1.82, 2.24) is 4.98 Å². The number of aryl methyl sites for hydroxylation is 1. The van der Waals surface area contributed by atoms with Gasteiger partial charge in [-0.15, -0.1) is 0 Å². The Balaban J connectivity index is 1.63. The van der Waals surface area contributed by atoms with Crippen LogP contribution in [0, 0.1) is 6.92 Å². The topological polar surface area (TPSA) is 65.5 Å².